The Labute approximate surface area is 212 Å². The van der Waals surface area contributed by atoms with E-state index in [4.69, 9.17) is 0 Å². The van der Waals surface area contributed by atoms with Gasteiger partial charge >= 0.3 is 11.9 Å². The van der Waals surface area contributed by atoms with Gasteiger partial charge in [0.1, 0.15) is 23.5 Å². The first-order valence-electron chi connectivity index (χ1n) is 12.3. The third kappa shape index (κ3) is 5.50. The number of hydrogen-bond acceptors (Lipinski definition) is 6. The zero-order chi connectivity index (χ0) is 26.9. The summed E-state index contributed by atoms with van der Waals surface area (Å²) in [4.78, 5) is 58.2. The number of phenolic OH excluding ortho intramolecular Hbond substituents is 1. The molecular weight excluding hydrogens is 480 g/mol. The van der Waals surface area contributed by atoms with Gasteiger partial charge in [-0.1, -0.05) is 13.8 Å². The SMILES string of the molecule is CC(C)CC(NC(=O)c1cc2c([nH]c3ccc(O)cc32)c(CCC(=O)N2CCCC2C(=O)O)n1)C(=O)O. The molecule has 2 unspecified atom stereocenters. The minimum absolute atomic E-state index is 0.0112. The summed E-state index contributed by atoms with van der Waals surface area (Å²) < 4.78 is 0. The zero-order valence-corrected chi connectivity index (χ0v) is 20.7. The molecule has 1 aliphatic heterocycles. The fraction of sp³-hybridized carbons (Fsp3) is 0.423. The number of hydrogen-bond donors (Lipinski definition) is 5. The summed E-state index contributed by atoms with van der Waals surface area (Å²) in [6.07, 6.45) is 1.39. The quantitative estimate of drug-likeness (QED) is 0.292. The predicted octanol–water partition coefficient (Wildman–Crippen LogP) is 2.66. The number of aromatic hydroxyl groups is 1. The van der Waals surface area contributed by atoms with Gasteiger partial charge in [-0.05, 0) is 49.4 Å². The molecule has 1 fully saturated rings. The molecule has 0 radical (unpaired) electrons. The molecule has 1 saturated heterocycles. The number of likely N-dealkylation sites (tertiary alicyclic amines) is 1. The Balaban J connectivity index is 1.69. The van der Waals surface area contributed by atoms with Crippen LogP contribution in [0.3, 0.4) is 0 Å². The van der Waals surface area contributed by atoms with Gasteiger partial charge in [-0.2, -0.15) is 0 Å². The molecule has 5 N–H and O–H groups in total. The molecular formula is C26H30N4O7. The number of carboxylic acid groups (broad SMARTS) is 2. The second kappa shape index (κ2) is 10.5. The van der Waals surface area contributed by atoms with Gasteiger partial charge in [0.15, 0.2) is 0 Å². The van der Waals surface area contributed by atoms with Crippen molar-refractivity contribution in [2.45, 2.75) is 58.0 Å². The van der Waals surface area contributed by atoms with E-state index in [1.807, 2.05) is 13.8 Å². The third-order valence-electron chi connectivity index (χ3n) is 6.62. The van der Waals surface area contributed by atoms with E-state index in [9.17, 15) is 34.5 Å². The van der Waals surface area contributed by atoms with Gasteiger partial charge in [0, 0.05) is 35.7 Å². The molecule has 0 bridgehead atoms. The average Bonchev–Trinajstić information content (AvgIpc) is 3.46. The summed E-state index contributed by atoms with van der Waals surface area (Å²) in [5, 5.41) is 32.7. The lowest BCUT2D eigenvalue weighted by molar-refractivity contribution is -0.148. The normalized spacial score (nSPS) is 16.4. The number of carbonyl (C=O) groups is 4. The van der Waals surface area contributed by atoms with Crippen LogP contribution in [0.25, 0.3) is 21.8 Å². The number of pyridine rings is 1. The molecule has 2 amide bonds. The maximum atomic E-state index is 13.1. The van der Waals surface area contributed by atoms with Crippen molar-refractivity contribution in [3.63, 3.8) is 0 Å². The van der Waals surface area contributed by atoms with Crippen LogP contribution in [0, 0.1) is 5.92 Å². The zero-order valence-electron chi connectivity index (χ0n) is 20.7. The van der Waals surface area contributed by atoms with Crippen molar-refractivity contribution >= 4 is 45.6 Å². The number of nitrogens with zero attached hydrogens (tertiary/aromatic N) is 2. The number of rotatable bonds is 9. The highest BCUT2D eigenvalue weighted by atomic mass is 16.4. The Kier molecular flexibility index (Phi) is 7.33. The van der Waals surface area contributed by atoms with E-state index in [1.165, 1.54) is 17.0 Å². The summed E-state index contributed by atoms with van der Waals surface area (Å²) in [6.45, 7) is 4.09. The van der Waals surface area contributed by atoms with E-state index < -0.39 is 29.9 Å². The highest BCUT2D eigenvalue weighted by Crippen LogP contribution is 2.31. The van der Waals surface area contributed by atoms with Crippen molar-refractivity contribution < 1.29 is 34.5 Å². The number of aromatic nitrogens is 2. The first kappa shape index (κ1) is 25.9. The number of aryl methyl sites for hydroxylation is 1. The van der Waals surface area contributed by atoms with E-state index in [0.717, 1.165) is 0 Å². The minimum Gasteiger partial charge on any atom is -0.508 e. The van der Waals surface area contributed by atoms with Crippen LogP contribution in [0.1, 0.15) is 55.7 Å². The second-order valence-electron chi connectivity index (χ2n) is 9.81. The predicted molar refractivity (Wildman–Crippen MR) is 134 cm³/mol. The van der Waals surface area contributed by atoms with Crippen LogP contribution in [-0.4, -0.2) is 72.6 Å². The van der Waals surface area contributed by atoms with E-state index in [-0.39, 0.29) is 42.5 Å². The lowest BCUT2D eigenvalue weighted by Gasteiger charge is -2.21. The fourth-order valence-corrected chi connectivity index (χ4v) is 4.86. The standard InChI is InChI=1S/C26H30N4O7/c1-13(2)10-20(25(34)35)29-24(33)19-12-16-15-11-14(31)5-6-17(15)28-23(16)18(27-19)7-8-22(32)30-9-3-4-21(30)26(36)37/h5-6,11-13,20-21,28,31H,3-4,7-10H2,1-2H3,(H,29,33)(H,34,35)(H,36,37). The van der Waals surface area contributed by atoms with Gasteiger partial charge < -0.3 is 30.5 Å². The van der Waals surface area contributed by atoms with Crippen LogP contribution in [0.5, 0.6) is 5.75 Å². The fourth-order valence-electron chi connectivity index (χ4n) is 4.86. The molecule has 196 valence electrons. The molecule has 2 atom stereocenters. The van der Waals surface area contributed by atoms with Crippen molar-refractivity contribution in [2.75, 3.05) is 6.54 Å². The molecule has 0 spiro atoms. The molecule has 1 aromatic carbocycles. The molecule has 37 heavy (non-hydrogen) atoms. The van der Waals surface area contributed by atoms with Crippen molar-refractivity contribution in [3.8, 4) is 5.75 Å². The first-order valence-corrected chi connectivity index (χ1v) is 12.3. The Hall–Kier alpha value is -4.15. The van der Waals surface area contributed by atoms with Gasteiger partial charge in [-0.3, -0.25) is 9.59 Å². The largest absolute Gasteiger partial charge is 0.508 e. The van der Waals surface area contributed by atoms with E-state index >= 15 is 0 Å². The Bertz CT molecular complexity index is 1380. The molecule has 3 heterocycles. The first-order chi connectivity index (χ1) is 17.5. The Morgan fingerprint density at radius 1 is 1.16 bits per heavy atom. The molecule has 11 heteroatoms. The van der Waals surface area contributed by atoms with Gasteiger partial charge in [0.2, 0.25) is 5.91 Å². The highest BCUT2D eigenvalue weighted by Gasteiger charge is 2.33. The molecule has 4 rings (SSSR count). The number of amides is 2. The van der Waals surface area contributed by atoms with E-state index in [1.54, 1.807) is 12.1 Å². The van der Waals surface area contributed by atoms with Crippen LogP contribution in [0.15, 0.2) is 24.3 Å². The van der Waals surface area contributed by atoms with Crippen LogP contribution in [-0.2, 0) is 20.8 Å². The molecule has 2 aromatic heterocycles. The van der Waals surface area contributed by atoms with E-state index in [2.05, 4.69) is 15.3 Å². The number of carboxylic acids is 2. The lowest BCUT2D eigenvalue weighted by Crippen LogP contribution is -2.42. The lowest BCUT2D eigenvalue weighted by atomic mass is 10.0. The van der Waals surface area contributed by atoms with Gasteiger partial charge in [-0.15, -0.1) is 0 Å². The summed E-state index contributed by atoms with van der Waals surface area (Å²) in [6, 6.07) is 4.34. The molecule has 0 aliphatic carbocycles. The van der Waals surface area contributed by atoms with Crippen molar-refractivity contribution in [2.24, 2.45) is 5.92 Å². The van der Waals surface area contributed by atoms with Crippen molar-refractivity contribution in [1.29, 1.82) is 0 Å². The summed E-state index contributed by atoms with van der Waals surface area (Å²) in [5.41, 5.74) is 1.67. The van der Waals surface area contributed by atoms with Crippen LogP contribution in [0.2, 0.25) is 0 Å². The van der Waals surface area contributed by atoms with Crippen LogP contribution >= 0.6 is 0 Å². The van der Waals surface area contributed by atoms with E-state index in [0.29, 0.717) is 46.9 Å². The average molecular weight is 511 g/mol. The number of H-pyrrole nitrogens is 1. The number of phenols is 1. The van der Waals surface area contributed by atoms with Crippen molar-refractivity contribution in [3.05, 3.63) is 35.7 Å². The maximum Gasteiger partial charge on any atom is 0.326 e. The van der Waals surface area contributed by atoms with Gasteiger partial charge in [0.25, 0.3) is 5.91 Å². The topological polar surface area (TPSA) is 173 Å². The number of carbonyl (C=O) groups excluding carboxylic acids is 2. The van der Waals surface area contributed by atoms with Crippen LogP contribution in [0.4, 0.5) is 0 Å². The number of benzene rings is 1. The van der Waals surface area contributed by atoms with Gasteiger partial charge in [0.05, 0.1) is 11.2 Å². The number of aromatic amines is 1. The number of nitrogens with one attached hydrogen (secondary N) is 2. The summed E-state index contributed by atoms with van der Waals surface area (Å²) in [5.74, 6) is -3.09. The van der Waals surface area contributed by atoms with Gasteiger partial charge in [-0.25, -0.2) is 14.6 Å². The maximum absolute atomic E-state index is 13.1. The third-order valence-corrected chi connectivity index (χ3v) is 6.62. The minimum atomic E-state index is -1.15. The second-order valence-corrected chi connectivity index (χ2v) is 9.81. The van der Waals surface area contributed by atoms with Crippen molar-refractivity contribution in [1.82, 2.24) is 20.2 Å². The highest BCUT2D eigenvalue weighted by molar-refractivity contribution is 6.10. The van der Waals surface area contributed by atoms with Crippen LogP contribution < -0.4 is 5.32 Å². The summed E-state index contributed by atoms with van der Waals surface area (Å²) in [7, 11) is 0. The monoisotopic (exact) mass is 510 g/mol. The smallest absolute Gasteiger partial charge is 0.326 e. The molecule has 1 aliphatic rings. The number of fused-ring (bicyclic) bond motifs is 3. The number of aliphatic carboxylic acids is 2. The molecule has 0 saturated carbocycles. The Morgan fingerprint density at radius 3 is 2.59 bits per heavy atom. The molecule has 3 aromatic rings. The Morgan fingerprint density at radius 2 is 1.92 bits per heavy atom. The summed E-state index contributed by atoms with van der Waals surface area (Å²) >= 11 is 0. The molecule has 11 nitrogen and oxygen atoms in total.